The van der Waals surface area contributed by atoms with E-state index in [1.807, 2.05) is 12.1 Å². The highest BCUT2D eigenvalue weighted by Gasteiger charge is 2.14. The molecule has 0 spiro atoms. The molecule has 0 saturated heterocycles. The molecule has 0 aliphatic carbocycles. The molecular formula is C24H44ClNO2. The topological polar surface area (TPSA) is 66.5 Å². The first-order valence-corrected chi connectivity index (χ1v) is 11.3. The summed E-state index contributed by atoms with van der Waals surface area (Å²) in [6.07, 6.45) is 18.4. The van der Waals surface area contributed by atoms with E-state index in [9.17, 15) is 10.2 Å². The molecule has 28 heavy (non-hydrogen) atoms. The monoisotopic (exact) mass is 413 g/mol. The summed E-state index contributed by atoms with van der Waals surface area (Å²) in [5, 5.41) is 19.5. The molecule has 164 valence electrons. The van der Waals surface area contributed by atoms with Gasteiger partial charge in [0.2, 0.25) is 0 Å². The van der Waals surface area contributed by atoms with Crippen molar-refractivity contribution in [3.8, 4) is 5.75 Å². The highest BCUT2D eigenvalue weighted by Crippen LogP contribution is 2.16. The number of hydrogen-bond donors (Lipinski definition) is 3. The largest absolute Gasteiger partial charge is 0.508 e. The van der Waals surface area contributed by atoms with E-state index in [4.69, 9.17) is 5.73 Å². The lowest BCUT2D eigenvalue weighted by Crippen LogP contribution is -2.36. The molecule has 0 radical (unpaired) electrons. The Morgan fingerprint density at radius 1 is 0.750 bits per heavy atom. The lowest BCUT2D eigenvalue weighted by Gasteiger charge is -2.19. The van der Waals surface area contributed by atoms with E-state index in [-0.39, 0.29) is 24.2 Å². The van der Waals surface area contributed by atoms with Crippen LogP contribution in [0.2, 0.25) is 0 Å². The Bertz CT molecular complexity index is 452. The SMILES string of the molecule is CCCCCCCCCCCCCCC[C@@H](O)[C@@H](N)Cc1ccc(O)cc1.Cl. The van der Waals surface area contributed by atoms with E-state index in [2.05, 4.69) is 6.92 Å². The average molecular weight is 414 g/mol. The molecule has 0 aliphatic rings. The van der Waals surface area contributed by atoms with Crippen LogP contribution in [-0.4, -0.2) is 22.4 Å². The molecule has 0 fully saturated rings. The molecule has 0 bridgehead atoms. The van der Waals surface area contributed by atoms with Crippen molar-refractivity contribution in [3.05, 3.63) is 29.8 Å². The van der Waals surface area contributed by atoms with Crippen molar-refractivity contribution in [1.29, 1.82) is 0 Å². The first-order valence-electron chi connectivity index (χ1n) is 11.3. The van der Waals surface area contributed by atoms with Gasteiger partial charge in [0, 0.05) is 6.04 Å². The molecule has 4 heteroatoms. The van der Waals surface area contributed by atoms with Gasteiger partial charge < -0.3 is 15.9 Å². The van der Waals surface area contributed by atoms with Crippen LogP contribution in [0.15, 0.2) is 24.3 Å². The van der Waals surface area contributed by atoms with Crippen molar-refractivity contribution in [1.82, 2.24) is 0 Å². The van der Waals surface area contributed by atoms with Gasteiger partial charge in [-0.05, 0) is 30.5 Å². The number of unbranched alkanes of at least 4 members (excludes halogenated alkanes) is 12. The molecule has 1 rings (SSSR count). The lowest BCUT2D eigenvalue weighted by atomic mass is 9.97. The zero-order valence-electron chi connectivity index (χ0n) is 18.0. The predicted octanol–water partition coefficient (Wildman–Crippen LogP) is 6.53. The first-order chi connectivity index (χ1) is 13.1. The predicted molar refractivity (Wildman–Crippen MR) is 123 cm³/mol. The van der Waals surface area contributed by atoms with Gasteiger partial charge in [-0.1, -0.05) is 103 Å². The number of nitrogens with two attached hydrogens (primary N) is 1. The van der Waals surface area contributed by atoms with Crippen LogP contribution in [0.4, 0.5) is 0 Å². The minimum atomic E-state index is -0.438. The molecular weight excluding hydrogens is 370 g/mol. The third kappa shape index (κ3) is 14.3. The Morgan fingerprint density at radius 3 is 1.64 bits per heavy atom. The standard InChI is InChI=1S/C24H43NO2.ClH/c1-2-3-4-5-6-7-8-9-10-11-12-13-14-15-24(27)23(25)20-21-16-18-22(26)19-17-21;/h16-19,23-24,26-27H,2-15,20,25H2,1H3;1H/t23-,24+;/m0./s1. The lowest BCUT2D eigenvalue weighted by molar-refractivity contribution is 0.131. The first kappa shape index (κ1) is 27.2. The molecule has 0 aliphatic heterocycles. The normalized spacial score (nSPS) is 13.1. The van der Waals surface area contributed by atoms with Crippen LogP contribution in [-0.2, 0) is 6.42 Å². The van der Waals surface area contributed by atoms with Crippen LogP contribution in [0.1, 0.15) is 102 Å². The van der Waals surface area contributed by atoms with E-state index >= 15 is 0 Å². The summed E-state index contributed by atoms with van der Waals surface area (Å²) < 4.78 is 0. The molecule has 3 nitrogen and oxygen atoms in total. The van der Waals surface area contributed by atoms with Crippen molar-refractivity contribution >= 4 is 12.4 Å². The van der Waals surface area contributed by atoms with Crippen LogP contribution in [0.5, 0.6) is 5.75 Å². The van der Waals surface area contributed by atoms with Crippen molar-refractivity contribution < 1.29 is 10.2 Å². The second kappa shape index (κ2) is 18.3. The zero-order valence-corrected chi connectivity index (χ0v) is 18.8. The van der Waals surface area contributed by atoms with Gasteiger partial charge in [0.05, 0.1) is 6.10 Å². The molecule has 1 aromatic rings. The van der Waals surface area contributed by atoms with Crippen molar-refractivity contribution in [2.75, 3.05) is 0 Å². The van der Waals surface area contributed by atoms with E-state index in [0.29, 0.717) is 6.42 Å². The number of hydrogen-bond acceptors (Lipinski definition) is 3. The second-order valence-electron chi connectivity index (χ2n) is 8.13. The maximum Gasteiger partial charge on any atom is 0.115 e. The smallest absolute Gasteiger partial charge is 0.115 e. The Labute approximate surface area is 179 Å². The highest BCUT2D eigenvalue weighted by molar-refractivity contribution is 5.85. The maximum atomic E-state index is 10.2. The van der Waals surface area contributed by atoms with E-state index in [1.54, 1.807) is 12.1 Å². The van der Waals surface area contributed by atoms with Gasteiger partial charge in [0.1, 0.15) is 5.75 Å². The molecule has 0 aromatic heterocycles. The maximum absolute atomic E-state index is 10.2. The average Bonchev–Trinajstić information content (AvgIpc) is 2.67. The Hall–Kier alpha value is -0.770. The minimum absolute atomic E-state index is 0. The summed E-state index contributed by atoms with van der Waals surface area (Å²) in [6.45, 7) is 2.27. The number of phenols is 1. The highest BCUT2D eigenvalue weighted by atomic mass is 35.5. The Balaban J connectivity index is 0.00000729. The number of halogens is 1. The third-order valence-electron chi connectivity index (χ3n) is 5.51. The summed E-state index contributed by atoms with van der Waals surface area (Å²) in [5.74, 6) is 0.264. The summed E-state index contributed by atoms with van der Waals surface area (Å²) in [5.41, 5.74) is 7.18. The fourth-order valence-electron chi connectivity index (χ4n) is 3.63. The molecule has 0 saturated carbocycles. The van der Waals surface area contributed by atoms with Gasteiger partial charge in [-0.2, -0.15) is 0 Å². The Kier molecular flexibility index (Phi) is 17.8. The van der Waals surface area contributed by atoms with Crippen LogP contribution in [0.25, 0.3) is 0 Å². The summed E-state index contributed by atoms with van der Waals surface area (Å²) >= 11 is 0. The van der Waals surface area contributed by atoms with Gasteiger partial charge in [-0.3, -0.25) is 0 Å². The molecule has 0 amide bonds. The fraction of sp³-hybridized carbons (Fsp3) is 0.750. The van der Waals surface area contributed by atoms with E-state index < -0.39 is 6.10 Å². The van der Waals surface area contributed by atoms with Gasteiger partial charge in [-0.25, -0.2) is 0 Å². The van der Waals surface area contributed by atoms with Crippen molar-refractivity contribution in [2.24, 2.45) is 5.73 Å². The van der Waals surface area contributed by atoms with Gasteiger partial charge in [-0.15, -0.1) is 12.4 Å². The van der Waals surface area contributed by atoms with Crippen LogP contribution >= 0.6 is 12.4 Å². The molecule has 0 unspecified atom stereocenters. The van der Waals surface area contributed by atoms with Crippen LogP contribution in [0, 0.1) is 0 Å². The summed E-state index contributed by atoms with van der Waals surface area (Å²) in [7, 11) is 0. The summed E-state index contributed by atoms with van der Waals surface area (Å²) in [6, 6.07) is 6.84. The van der Waals surface area contributed by atoms with Gasteiger partial charge >= 0.3 is 0 Å². The van der Waals surface area contributed by atoms with Crippen molar-refractivity contribution in [2.45, 2.75) is 115 Å². The molecule has 1 aromatic carbocycles. The zero-order chi connectivity index (χ0) is 19.7. The number of phenolic OH excluding ortho intramolecular Hbond substituents is 1. The molecule has 2 atom stereocenters. The molecule has 0 heterocycles. The minimum Gasteiger partial charge on any atom is -0.508 e. The number of aliphatic hydroxyl groups excluding tert-OH is 1. The number of aliphatic hydroxyl groups is 1. The van der Waals surface area contributed by atoms with E-state index in [1.165, 1.54) is 77.0 Å². The number of benzene rings is 1. The van der Waals surface area contributed by atoms with Crippen LogP contribution in [0.3, 0.4) is 0 Å². The van der Waals surface area contributed by atoms with Gasteiger partial charge in [0.15, 0.2) is 0 Å². The fourth-order valence-corrected chi connectivity index (χ4v) is 3.63. The Morgan fingerprint density at radius 2 is 1.18 bits per heavy atom. The third-order valence-corrected chi connectivity index (χ3v) is 5.51. The van der Waals surface area contributed by atoms with Crippen LogP contribution < -0.4 is 5.73 Å². The van der Waals surface area contributed by atoms with Crippen molar-refractivity contribution in [3.63, 3.8) is 0 Å². The number of rotatable bonds is 17. The second-order valence-corrected chi connectivity index (χ2v) is 8.13. The summed E-state index contributed by atoms with van der Waals surface area (Å²) in [4.78, 5) is 0. The molecule has 4 N–H and O–H groups in total. The van der Waals surface area contributed by atoms with E-state index in [0.717, 1.165) is 18.4 Å². The van der Waals surface area contributed by atoms with Gasteiger partial charge in [0.25, 0.3) is 0 Å². The number of aromatic hydroxyl groups is 1. The quantitative estimate of drug-likeness (QED) is 0.254.